The zero-order valence-electron chi connectivity index (χ0n) is 6.53. The van der Waals surface area contributed by atoms with E-state index in [9.17, 15) is 0 Å². The monoisotopic (exact) mass is 179 g/mol. The van der Waals surface area contributed by atoms with Crippen LogP contribution in [0.25, 0.3) is 0 Å². The first-order valence-electron chi connectivity index (χ1n) is 3.94. The van der Waals surface area contributed by atoms with E-state index in [1.807, 2.05) is 0 Å². The molecular weight excluding hydrogens is 170 g/mol. The minimum absolute atomic E-state index is 0.148. The maximum atomic E-state index is 8.84. The maximum Gasteiger partial charge on any atom is 0.132 e. The van der Waals surface area contributed by atoms with Gasteiger partial charge in [0.2, 0.25) is 0 Å². The van der Waals surface area contributed by atoms with E-state index in [1.54, 1.807) is 11.7 Å². The van der Waals surface area contributed by atoms with Crippen LogP contribution in [0.5, 0.6) is 0 Å². The highest BCUT2D eigenvalue weighted by atomic mass is 32.1. The third kappa shape index (κ3) is 1.63. The number of rotatable bonds is 3. The lowest BCUT2D eigenvalue weighted by Crippen LogP contribution is -2.21. The van der Waals surface area contributed by atoms with Crippen molar-refractivity contribution in [2.24, 2.45) is 0 Å². The molecule has 1 heterocycles. The van der Waals surface area contributed by atoms with Crippen LogP contribution in [-0.4, -0.2) is 11.0 Å². The lowest BCUT2D eigenvalue weighted by Gasteiger charge is -2.06. The predicted octanol–water partition coefficient (Wildman–Crippen LogP) is 1.46. The number of thiazole rings is 1. The molecule has 1 atom stereocenters. The van der Waals surface area contributed by atoms with Gasteiger partial charge in [0, 0.05) is 12.2 Å². The number of aromatic nitrogens is 1. The zero-order chi connectivity index (χ0) is 8.39. The molecule has 2 rings (SSSR count). The van der Waals surface area contributed by atoms with Crippen LogP contribution < -0.4 is 5.32 Å². The van der Waals surface area contributed by atoms with E-state index >= 15 is 0 Å². The quantitative estimate of drug-likeness (QED) is 0.764. The summed E-state index contributed by atoms with van der Waals surface area (Å²) in [4.78, 5) is 4.96. The van der Waals surface area contributed by atoms with E-state index < -0.39 is 0 Å². The van der Waals surface area contributed by atoms with E-state index in [0.29, 0.717) is 6.04 Å². The van der Waals surface area contributed by atoms with E-state index in [4.69, 9.17) is 5.26 Å². The summed E-state index contributed by atoms with van der Waals surface area (Å²) in [6.07, 6.45) is 4.17. The SMILES string of the molecule is N#CC(NC1CC1)c1cncs1. The molecule has 1 aliphatic carbocycles. The van der Waals surface area contributed by atoms with Crippen molar-refractivity contribution >= 4 is 11.3 Å². The van der Waals surface area contributed by atoms with Gasteiger partial charge < -0.3 is 0 Å². The van der Waals surface area contributed by atoms with Crippen molar-refractivity contribution in [2.75, 3.05) is 0 Å². The zero-order valence-corrected chi connectivity index (χ0v) is 7.34. The van der Waals surface area contributed by atoms with Gasteiger partial charge in [0.25, 0.3) is 0 Å². The first-order chi connectivity index (χ1) is 5.90. The molecule has 1 aliphatic rings. The largest absolute Gasteiger partial charge is 0.295 e. The summed E-state index contributed by atoms with van der Waals surface area (Å²) in [5.41, 5.74) is 1.76. The Morgan fingerprint density at radius 3 is 3.08 bits per heavy atom. The predicted molar refractivity (Wildman–Crippen MR) is 46.6 cm³/mol. The topological polar surface area (TPSA) is 48.7 Å². The van der Waals surface area contributed by atoms with Crippen molar-refractivity contribution in [3.8, 4) is 6.07 Å². The standard InChI is InChI=1S/C8H9N3S/c9-3-7(11-6-1-2-6)8-4-10-5-12-8/h4-7,11H,1-2H2. The fraction of sp³-hybridized carbons (Fsp3) is 0.500. The summed E-state index contributed by atoms with van der Waals surface area (Å²) < 4.78 is 0. The fourth-order valence-corrected chi connectivity index (χ4v) is 1.66. The highest BCUT2D eigenvalue weighted by Gasteiger charge is 2.25. The van der Waals surface area contributed by atoms with Crippen molar-refractivity contribution in [3.05, 3.63) is 16.6 Å². The molecule has 12 heavy (non-hydrogen) atoms. The molecule has 1 aromatic rings. The Morgan fingerprint density at radius 2 is 2.58 bits per heavy atom. The maximum absolute atomic E-state index is 8.84. The molecule has 0 saturated heterocycles. The summed E-state index contributed by atoms with van der Waals surface area (Å²) in [6, 6.07) is 2.65. The molecule has 3 nitrogen and oxygen atoms in total. The Balaban J connectivity index is 2.03. The highest BCUT2D eigenvalue weighted by molar-refractivity contribution is 7.09. The molecule has 0 amide bonds. The number of nitrogens with zero attached hydrogens (tertiary/aromatic N) is 2. The Labute approximate surface area is 75.1 Å². The van der Waals surface area contributed by atoms with Gasteiger partial charge in [-0.1, -0.05) is 0 Å². The Bertz CT molecular complexity index is 284. The molecule has 1 N–H and O–H groups in total. The van der Waals surface area contributed by atoms with Crippen LogP contribution in [-0.2, 0) is 0 Å². The van der Waals surface area contributed by atoms with Gasteiger partial charge in [0.15, 0.2) is 0 Å². The van der Waals surface area contributed by atoms with E-state index in [-0.39, 0.29) is 6.04 Å². The first-order valence-corrected chi connectivity index (χ1v) is 4.82. The van der Waals surface area contributed by atoms with Crippen LogP contribution in [0.1, 0.15) is 23.8 Å². The lowest BCUT2D eigenvalue weighted by molar-refractivity contribution is 0.633. The van der Waals surface area contributed by atoms with E-state index in [2.05, 4.69) is 16.4 Å². The second-order valence-corrected chi connectivity index (χ2v) is 3.82. The Morgan fingerprint density at radius 1 is 1.75 bits per heavy atom. The van der Waals surface area contributed by atoms with Crippen molar-refractivity contribution in [3.63, 3.8) is 0 Å². The van der Waals surface area contributed by atoms with Crippen LogP contribution in [0.4, 0.5) is 0 Å². The smallest absolute Gasteiger partial charge is 0.132 e. The van der Waals surface area contributed by atoms with Crippen LogP contribution >= 0.6 is 11.3 Å². The van der Waals surface area contributed by atoms with Gasteiger partial charge in [-0.2, -0.15) is 5.26 Å². The fourth-order valence-electron chi connectivity index (χ4n) is 1.04. The molecule has 0 radical (unpaired) electrons. The first kappa shape index (κ1) is 7.71. The Kier molecular flexibility index (Phi) is 2.07. The summed E-state index contributed by atoms with van der Waals surface area (Å²) >= 11 is 1.53. The third-order valence-corrected chi connectivity index (χ3v) is 2.69. The molecule has 62 valence electrons. The number of hydrogen-bond acceptors (Lipinski definition) is 4. The third-order valence-electron chi connectivity index (χ3n) is 1.84. The van der Waals surface area contributed by atoms with Crippen LogP contribution in [0.15, 0.2) is 11.7 Å². The molecule has 0 aromatic carbocycles. The molecule has 4 heteroatoms. The van der Waals surface area contributed by atoms with Gasteiger partial charge in [-0.05, 0) is 12.8 Å². The average molecular weight is 179 g/mol. The molecule has 0 bridgehead atoms. The normalized spacial score (nSPS) is 18.6. The number of nitriles is 1. The minimum Gasteiger partial charge on any atom is -0.295 e. The van der Waals surface area contributed by atoms with Crippen molar-refractivity contribution in [2.45, 2.75) is 24.9 Å². The summed E-state index contributed by atoms with van der Waals surface area (Å²) in [5, 5.41) is 12.1. The lowest BCUT2D eigenvalue weighted by atomic mass is 10.3. The molecule has 0 aliphatic heterocycles. The van der Waals surface area contributed by atoms with Gasteiger partial charge in [0.05, 0.1) is 16.5 Å². The van der Waals surface area contributed by atoms with Crippen LogP contribution in [0, 0.1) is 11.3 Å². The van der Waals surface area contributed by atoms with Crippen molar-refractivity contribution in [1.29, 1.82) is 5.26 Å². The summed E-state index contributed by atoms with van der Waals surface area (Å²) in [6.45, 7) is 0. The van der Waals surface area contributed by atoms with Gasteiger partial charge in [0.1, 0.15) is 6.04 Å². The molecular formula is C8H9N3S. The molecule has 0 spiro atoms. The molecule has 1 aromatic heterocycles. The molecule has 1 fully saturated rings. The van der Waals surface area contributed by atoms with Gasteiger partial charge in [-0.15, -0.1) is 11.3 Å². The van der Waals surface area contributed by atoms with Gasteiger partial charge >= 0.3 is 0 Å². The van der Waals surface area contributed by atoms with E-state index in [1.165, 1.54) is 24.2 Å². The summed E-state index contributed by atoms with van der Waals surface area (Å²) in [7, 11) is 0. The molecule has 1 unspecified atom stereocenters. The van der Waals surface area contributed by atoms with Crippen molar-refractivity contribution < 1.29 is 0 Å². The highest BCUT2D eigenvalue weighted by Crippen LogP contribution is 2.25. The van der Waals surface area contributed by atoms with Gasteiger partial charge in [-0.3, -0.25) is 10.3 Å². The van der Waals surface area contributed by atoms with Crippen LogP contribution in [0.3, 0.4) is 0 Å². The van der Waals surface area contributed by atoms with Crippen molar-refractivity contribution in [1.82, 2.24) is 10.3 Å². The minimum atomic E-state index is -0.148. The van der Waals surface area contributed by atoms with Crippen LogP contribution in [0.2, 0.25) is 0 Å². The number of hydrogen-bond donors (Lipinski definition) is 1. The second kappa shape index (κ2) is 3.21. The molecule has 1 saturated carbocycles. The number of nitrogens with one attached hydrogen (secondary N) is 1. The Hall–Kier alpha value is -0.920. The summed E-state index contributed by atoms with van der Waals surface area (Å²) in [5.74, 6) is 0. The average Bonchev–Trinajstić information content (AvgIpc) is 2.74. The second-order valence-electron chi connectivity index (χ2n) is 2.91. The van der Waals surface area contributed by atoms with E-state index in [0.717, 1.165) is 4.88 Å². The van der Waals surface area contributed by atoms with Gasteiger partial charge in [-0.25, -0.2) is 0 Å².